The smallest absolute Gasteiger partial charge is 0.124 e. The van der Waals surface area contributed by atoms with Gasteiger partial charge in [0.25, 0.3) is 0 Å². The Hall–Kier alpha value is -1.03. The van der Waals surface area contributed by atoms with Crippen molar-refractivity contribution in [1.29, 1.82) is 0 Å². The lowest BCUT2D eigenvalue weighted by atomic mass is 10.1. The summed E-state index contributed by atoms with van der Waals surface area (Å²) >= 11 is 9.59. The molecule has 0 saturated heterocycles. The first-order valence-electron chi connectivity index (χ1n) is 6.40. The number of hydrogen-bond donors (Lipinski definition) is 1. The highest BCUT2D eigenvalue weighted by Crippen LogP contribution is 2.28. The van der Waals surface area contributed by atoms with E-state index in [1.165, 1.54) is 0 Å². The fourth-order valence-electron chi connectivity index (χ4n) is 1.94. The standard InChI is InChI=1S/C16H17BrClNO/c1-10-3-6-14(11(2)19)16(7-10)20-9-12-4-5-13(17)8-15(12)18/h3-8,11H,9,19H2,1-2H3/t11-/m0/s1. The first kappa shape index (κ1) is 15.4. The maximum Gasteiger partial charge on any atom is 0.124 e. The first-order chi connectivity index (χ1) is 9.47. The third-order valence-corrected chi connectivity index (χ3v) is 3.90. The van der Waals surface area contributed by atoms with Crippen molar-refractivity contribution in [3.05, 3.63) is 62.6 Å². The van der Waals surface area contributed by atoms with Crippen molar-refractivity contribution >= 4 is 27.5 Å². The third kappa shape index (κ3) is 3.75. The summed E-state index contributed by atoms with van der Waals surface area (Å²) in [5.41, 5.74) is 9.07. The normalized spacial score (nSPS) is 12.2. The van der Waals surface area contributed by atoms with Crippen molar-refractivity contribution in [1.82, 2.24) is 0 Å². The van der Waals surface area contributed by atoms with E-state index in [0.29, 0.717) is 11.6 Å². The number of nitrogens with two attached hydrogens (primary N) is 1. The van der Waals surface area contributed by atoms with E-state index >= 15 is 0 Å². The Morgan fingerprint density at radius 2 is 2.00 bits per heavy atom. The van der Waals surface area contributed by atoms with E-state index < -0.39 is 0 Å². The number of ether oxygens (including phenoxy) is 1. The Balaban J connectivity index is 2.20. The van der Waals surface area contributed by atoms with E-state index in [-0.39, 0.29) is 6.04 Å². The molecule has 2 aromatic rings. The first-order valence-corrected chi connectivity index (χ1v) is 7.57. The highest BCUT2D eigenvalue weighted by Gasteiger charge is 2.09. The Morgan fingerprint density at radius 1 is 1.25 bits per heavy atom. The van der Waals surface area contributed by atoms with Crippen molar-refractivity contribution in [2.75, 3.05) is 0 Å². The molecule has 0 aliphatic rings. The Kier molecular flexibility index (Phi) is 5.08. The summed E-state index contributed by atoms with van der Waals surface area (Å²) < 4.78 is 6.86. The lowest BCUT2D eigenvalue weighted by Crippen LogP contribution is -2.08. The fraction of sp³-hybridized carbons (Fsp3) is 0.250. The van der Waals surface area contributed by atoms with Gasteiger partial charge in [0, 0.05) is 26.7 Å². The van der Waals surface area contributed by atoms with Crippen LogP contribution in [-0.4, -0.2) is 0 Å². The van der Waals surface area contributed by atoms with Crippen LogP contribution in [0.3, 0.4) is 0 Å². The molecule has 2 nitrogen and oxygen atoms in total. The predicted molar refractivity (Wildman–Crippen MR) is 87.3 cm³/mol. The third-order valence-electron chi connectivity index (χ3n) is 3.06. The van der Waals surface area contributed by atoms with E-state index in [2.05, 4.69) is 15.9 Å². The maximum absolute atomic E-state index is 6.19. The van der Waals surface area contributed by atoms with E-state index in [1.807, 2.05) is 50.2 Å². The molecule has 0 amide bonds. The van der Waals surface area contributed by atoms with Gasteiger partial charge in [-0.3, -0.25) is 0 Å². The molecular formula is C16H17BrClNO. The van der Waals surface area contributed by atoms with Gasteiger partial charge in [-0.15, -0.1) is 0 Å². The van der Waals surface area contributed by atoms with E-state index in [9.17, 15) is 0 Å². The molecule has 2 rings (SSSR count). The molecular weight excluding hydrogens is 338 g/mol. The molecule has 0 fully saturated rings. The van der Waals surface area contributed by atoms with Crippen LogP contribution in [-0.2, 0) is 6.61 Å². The van der Waals surface area contributed by atoms with Gasteiger partial charge in [-0.1, -0.05) is 45.7 Å². The molecule has 0 aliphatic heterocycles. The summed E-state index contributed by atoms with van der Waals surface area (Å²) in [6.45, 7) is 4.41. The van der Waals surface area contributed by atoms with Crippen molar-refractivity contribution in [2.45, 2.75) is 26.5 Å². The van der Waals surface area contributed by atoms with Crippen LogP contribution < -0.4 is 10.5 Å². The minimum Gasteiger partial charge on any atom is -0.488 e. The van der Waals surface area contributed by atoms with Crippen molar-refractivity contribution in [3.63, 3.8) is 0 Å². The molecule has 0 saturated carbocycles. The monoisotopic (exact) mass is 353 g/mol. The van der Waals surface area contributed by atoms with Gasteiger partial charge < -0.3 is 10.5 Å². The van der Waals surface area contributed by atoms with Gasteiger partial charge >= 0.3 is 0 Å². The summed E-state index contributed by atoms with van der Waals surface area (Å²) in [7, 11) is 0. The summed E-state index contributed by atoms with van der Waals surface area (Å²) in [6.07, 6.45) is 0. The molecule has 20 heavy (non-hydrogen) atoms. The van der Waals surface area contributed by atoms with Gasteiger partial charge in [0.15, 0.2) is 0 Å². The molecule has 0 heterocycles. The van der Waals surface area contributed by atoms with Gasteiger partial charge in [-0.2, -0.15) is 0 Å². The molecule has 1 atom stereocenters. The number of benzene rings is 2. The van der Waals surface area contributed by atoms with Gasteiger partial charge in [0.2, 0.25) is 0 Å². The zero-order chi connectivity index (χ0) is 14.7. The minimum absolute atomic E-state index is 0.0639. The second-order valence-electron chi connectivity index (χ2n) is 4.85. The van der Waals surface area contributed by atoms with Gasteiger partial charge in [0.05, 0.1) is 0 Å². The van der Waals surface area contributed by atoms with Crippen LogP contribution in [0, 0.1) is 6.92 Å². The second kappa shape index (κ2) is 6.61. The highest BCUT2D eigenvalue weighted by molar-refractivity contribution is 9.10. The van der Waals surface area contributed by atoms with E-state index in [1.54, 1.807) is 0 Å². The van der Waals surface area contributed by atoms with Crippen LogP contribution in [0.2, 0.25) is 5.02 Å². The van der Waals surface area contributed by atoms with Gasteiger partial charge in [-0.25, -0.2) is 0 Å². The van der Waals surface area contributed by atoms with Crippen molar-refractivity contribution < 1.29 is 4.74 Å². The molecule has 0 bridgehead atoms. The highest BCUT2D eigenvalue weighted by atomic mass is 79.9. The molecule has 0 spiro atoms. The lowest BCUT2D eigenvalue weighted by Gasteiger charge is -2.15. The van der Waals surface area contributed by atoms with Crippen LogP contribution in [0.1, 0.15) is 29.7 Å². The van der Waals surface area contributed by atoms with Crippen LogP contribution in [0.4, 0.5) is 0 Å². The SMILES string of the molecule is Cc1ccc([C@H](C)N)c(OCc2ccc(Br)cc2Cl)c1. The molecule has 0 aromatic heterocycles. The van der Waals surface area contributed by atoms with Gasteiger partial charge in [0.1, 0.15) is 12.4 Å². The largest absolute Gasteiger partial charge is 0.488 e. The molecule has 2 aromatic carbocycles. The fourth-order valence-corrected chi connectivity index (χ4v) is 2.66. The van der Waals surface area contributed by atoms with E-state index in [0.717, 1.165) is 26.9 Å². The zero-order valence-corrected chi connectivity index (χ0v) is 13.8. The number of rotatable bonds is 4. The summed E-state index contributed by atoms with van der Waals surface area (Å²) in [5, 5.41) is 0.689. The Labute approximate surface area is 133 Å². The molecule has 0 unspecified atom stereocenters. The maximum atomic E-state index is 6.19. The number of aryl methyl sites for hydroxylation is 1. The number of hydrogen-bond acceptors (Lipinski definition) is 2. The average Bonchev–Trinajstić information content (AvgIpc) is 2.37. The van der Waals surface area contributed by atoms with Crippen molar-refractivity contribution in [2.24, 2.45) is 5.73 Å². The summed E-state index contributed by atoms with van der Waals surface area (Å²) in [4.78, 5) is 0. The molecule has 2 N–H and O–H groups in total. The molecule has 0 radical (unpaired) electrons. The molecule has 0 aliphatic carbocycles. The minimum atomic E-state index is -0.0639. The molecule has 106 valence electrons. The Bertz CT molecular complexity index is 613. The second-order valence-corrected chi connectivity index (χ2v) is 6.18. The zero-order valence-electron chi connectivity index (χ0n) is 11.5. The van der Waals surface area contributed by atoms with Crippen LogP contribution in [0.25, 0.3) is 0 Å². The van der Waals surface area contributed by atoms with Crippen LogP contribution >= 0.6 is 27.5 Å². The van der Waals surface area contributed by atoms with Crippen LogP contribution in [0.5, 0.6) is 5.75 Å². The van der Waals surface area contributed by atoms with Crippen molar-refractivity contribution in [3.8, 4) is 5.75 Å². The van der Waals surface area contributed by atoms with Crippen LogP contribution in [0.15, 0.2) is 40.9 Å². The number of halogens is 2. The average molecular weight is 355 g/mol. The lowest BCUT2D eigenvalue weighted by molar-refractivity contribution is 0.301. The summed E-state index contributed by atoms with van der Waals surface area (Å²) in [6, 6.07) is 11.8. The topological polar surface area (TPSA) is 35.2 Å². The molecule has 4 heteroatoms. The quantitative estimate of drug-likeness (QED) is 0.837. The Morgan fingerprint density at radius 3 is 2.65 bits per heavy atom. The van der Waals surface area contributed by atoms with Gasteiger partial charge in [-0.05, 0) is 37.6 Å². The predicted octanol–water partition coefficient (Wildman–Crippen LogP) is 5.01. The van der Waals surface area contributed by atoms with E-state index in [4.69, 9.17) is 22.1 Å². The summed E-state index contributed by atoms with van der Waals surface area (Å²) in [5.74, 6) is 0.819.